The minimum absolute atomic E-state index is 0.0186. The zero-order chi connectivity index (χ0) is 25.8. The number of hydrogen-bond acceptors (Lipinski definition) is 5. The molecule has 37 heavy (non-hydrogen) atoms. The zero-order valence-corrected chi connectivity index (χ0v) is 20.1. The quantitative estimate of drug-likeness (QED) is 0.382. The number of carbonyl (C=O) groups is 1. The fourth-order valence-corrected chi connectivity index (χ4v) is 4.71. The van der Waals surface area contributed by atoms with Gasteiger partial charge in [0.2, 0.25) is 5.91 Å². The summed E-state index contributed by atoms with van der Waals surface area (Å²) in [7, 11) is 0. The van der Waals surface area contributed by atoms with Crippen molar-refractivity contribution in [2.75, 3.05) is 6.54 Å². The van der Waals surface area contributed by atoms with E-state index in [0.717, 1.165) is 27.9 Å². The lowest BCUT2D eigenvalue weighted by Crippen LogP contribution is -2.38. The van der Waals surface area contributed by atoms with Gasteiger partial charge in [0.05, 0.1) is 23.6 Å². The second-order valence-corrected chi connectivity index (χ2v) is 9.13. The number of halogens is 1. The van der Waals surface area contributed by atoms with Gasteiger partial charge >= 0.3 is 0 Å². The van der Waals surface area contributed by atoms with Crippen LogP contribution in [0, 0.1) is 17.1 Å². The third-order valence-electron chi connectivity index (χ3n) is 6.67. The van der Waals surface area contributed by atoms with Crippen LogP contribution in [0.2, 0.25) is 0 Å². The number of imidazole rings is 1. The molecular formula is C29H26FN5O2. The number of phenols is 1. The van der Waals surface area contributed by atoms with Crippen molar-refractivity contribution >= 4 is 5.91 Å². The van der Waals surface area contributed by atoms with Gasteiger partial charge in [0.1, 0.15) is 17.6 Å². The van der Waals surface area contributed by atoms with Crippen LogP contribution >= 0.6 is 0 Å². The molecule has 186 valence electrons. The number of phenolic OH excluding ortho intramolecular Hbond substituents is 1. The van der Waals surface area contributed by atoms with E-state index >= 15 is 0 Å². The number of hydrogen-bond donors (Lipinski definition) is 2. The van der Waals surface area contributed by atoms with Gasteiger partial charge in [-0.15, -0.1) is 0 Å². The van der Waals surface area contributed by atoms with E-state index in [4.69, 9.17) is 5.26 Å². The van der Waals surface area contributed by atoms with Gasteiger partial charge in [-0.05, 0) is 52.9 Å². The van der Waals surface area contributed by atoms with Gasteiger partial charge in [-0.2, -0.15) is 5.26 Å². The van der Waals surface area contributed by atoms with Crippen LogP contribution in [0.3, 0.4) is 0 Å². The Bertz CT molecular complexity index is 1480. The summed E-state index contributed by atoms with van der Waals surface area (Å²) in [6.07, 6.45) is 4.10. The maximum Gasteiger partial charge on any atom is 0.240 e. The molecule has 0 saturated carbocycles. The van der Waals surface area contributed by atoms with Crippen LogP contribution in [0.25, 0.3) is 11.1 Å². The van der Waals surface area contributed by atoms with Crippen LogP contribution in [0.4, 0.5) is 4.39 Å². The molecule has 0 radical (unpaired) electrons. The first kappa shape index (κ1) is 24.2. The van der Waals surface area contributed by atoms with Crippen molar-refractivity contribution in [3.8, 4) is 22.9 Å². The number of likely N-dealkylation sites (tertiary alicyclic amines) is 1. The molecule has 1 aliphatic heterocycles. The molecule has 2 heterocycles. The maximum absolute atomic E-state index is 14.0. The highest BCUT2D eigenvalue weighted by atomic mass is 19.1. The van der Waals surface area contributed by atoms with Crippen molar-refractivity contribution in [2.24, 2.45) is 0 Å². The van der Waals surface area contributed by atoms with Gasteiger partial charge in [0.25, 0.3) is 0 Å². The van der Waals surface area contributed by atoms with Crippen molar-refractivity contribution in [2.45, 2.75) is 32.1 Å². The summed E-state index contributed by atoms with van der Waals surface area (Å²) in [5.41, 5.74) is 4.55. The topological polar surface area (TPSA) is 94.2 Å². The molecule has 2 N–H and O–H groups in total. The summed E-state index contributed by atoms with van der Waals surface area (Å²) in [4.78, 5) is 19.3. The van der Waals surface area contributed by atoms with Gasteiger partial charge in [-0.25, -0.2) is 9.37 Å². The lowest BCUT2D eigenvalue weighted by atomic mass is 9.99. The van der Waals surface area contributed by atoms with E-state index in [-0.39, 0.29) is 23.3 Å². The van der Waals surface area contributed by atoms with E-state index in [2.05, 4.69) is 10.3 Å². The number of nitrogens with zero attached hydrogens (tertiary/aromatic N) is 4. The molecule has 7 nitrogen and oxygen atoms in total. The van der Waals surface area contributed by atoms with E-state index in [9.17, 15) is 14.3 Å². The van der Waals surface area contributed by atoms with Gasteiger partial charge in [0, 0.05) is 32.4 Å². The second kappa shape index (κ2) is 10.6. The molecule has 0 bridgehead atoms. The predicted octanol–water partition coefficient (Wildman–Crippen LogP) is 4.21. The van der Waals surface area contributed by atoms with Gasteiger partial charge in [0.15, 0.2) is 0 Å². The Kier molecular flexibility index (Phi) is 6.97. The van der Waals surface area contributed by atoms with Crippen molar-refractivity contribution in [1.29, 1.82) is 5.26 Å². The molecule has 0 aliphatic carbocycles. The van der Waals surface area contributed by atoms with Crippen LogP contribution in [0.15, 0.2) is 79.3 Å². The molecule has 3 aromatic carbocycles. The van der Waals surface area contributed by atoms with Gasteiger partial charge in [-0.1, -0.05) is 42.5 Å². The molecule has 0 unspecified atom stereocenters. The average molecular weight is 496 g/mol. The molecule has 1 aromatic heterocycles. The molecule has 1 amide bonds. The number of nitrogens with one attached hydrogen (secondary N) is 1. The summed E-state index contributed by atoms with van der Waals surface area (Å²) in [5.74, 6) is -0.287. The summed E-state index contributed by atoms with van der Waals surface area (Å²) in [5, 5.41) is 22.2. The molecule has 1 fully saturated rings. The number of benzene rings is 3. The Morgan fingerprint density at radius 1 is 1.11 bits per heavy atom. The van der Waals surface area contributed by atoms with E-state index < -0.39 is 5.82 Å². The van der Waals surface area contributed by atoms with Crippen molar-refractivity contribution in [3.05, 3.63) is 107 Å². The van der Waals surface area contributed by atoms with Crippen LogP contribution in [0.1, 0.15) is 28.8 Å². The zero-order valence-electron chi connectivity index (χ0n) is 20.1. The van der Waals surface area contributed by atoms with Crippen LogP contribution in [-0.4, -0.2) is 38.1 Å². The van der Waals surface area contributed by atoms with Crippen molar-refractivity contribution in [3.63, 3.8) is 0 Å². The van der Waals surface area contributed by atoms with Crippen LogP contribution in [-0.2, 0) is 24.4 Å². The van der Waals surface area contributed by atoms with Crippen LogP contribution < -0.4 is 5.32 Å². The fourth-order valence-electron chi connectivity index (χ4n) is 4.71. The number of aromatic hydroxyl groups is 1. The first-order valence-electron chi connectivity index (χ1n) is 12.1. The van der Waals surface area contributed by atoms with Gasteiger partial charge in [-0.3, -0.25) is 4.79 Å². The second-order valence-electron chi connectivity index (χ2n) is 9.13. The lowest BCUT2D eigenvalue weighted by Gasteiger charge is -2.20. The maximum atomic E-state index is 14.0. The summed E-state index contributed by atoms with van der Waals surface area (Å²) in [6, 6.07) is 21.1. The standard InChI is InChI=1S/C29H26FN5O2/c30-27-12-20(8-9-22(27)14-31)17-35-19-32-15-24(35)16-33-28-10-11-34(29(28)37)18-23-4-1-2-7-26(23)21-5-3-6-25(36)13-21/h1-9,12-13,15,19,28,33,36H,10-11,16-18H2/t28-/m0/s1. The SMILES string of the molecule is N#Cc1ccc(Cn2cncc2CN[C@H]2CCN(Cc3ccccc3-c3cccc(O)c3)C2=O)cc1F. The van der Waals surface area contributed by atoms with Gasteiger partial charge < -0.3 is 19.9 Å². The largest absolute Gasteiger partial charge is 0.508 e. The third kappa shape index (κ3) is 5.37. The fraction of sp³-hybridized carbons (Fsp3) is 0.207. The average Bonchev–Trinajstić information content (AvgIpc) is 3.49. The number of aromatic nitrogens is 2. The lowest BCUT2D eigenvalue weighted by molar-refractivity contribution is -0.129. The highest BCUT2D eigenvalue weighted by Gasteiger charge is 2.31. The Morgan fingerprint density at radius 3 is 2.78 bits per heavy atom. The summed E-state index contributed by atoms with van der Waals surface area (Å²) >= 11 is 0. The third-order valence-corrected chi connectivity index (χ3v) is 6.67. The van der Waals surface area contributed by atoms with E-state index in [1.54, 1.807) is 30.7 Å². The highest BCUT2D eigenvalue weighted by Crippen LogP contribution is 2.28. The number of amides is 1. The number of carbonyl (C=O) groups excluding carboxylic acids is 1. The number of nitriles is 1. The minimum atomic E-state index is -0.540. The monoisotopic (exact) mass is 495 g/mol. The molecular weight excluding hydrogens is 469 g/mol. The van der Waals surface area contributed by atoms with Crippen molar-refractivity contribution < 1.29 is 14.3 Å². The first-order valence-corrected chi connectivity index (χ1v) is 12.1. The first-order chi connectivity index (χ1) is 18.0. The summed E-state index contributed by atoms with van der Waals surface area (Å²) in [6.45, 7) is 2.00. The molecule has 5 rings (SSSR count). The normalized spacial score (nSPS) is 15.2. The summed E-state index contributed by atoms with van der Waals surface area (Å²) < 4.78 is 15.9. The molecule has 8 heteroatoms. The number of rotatable bonds is 8. The molecule has 4 aromatic rings. The Hall–Kier alpha value is -4.48. The van der Waals surface area contributed by atoms with E-state index in [0.29, 0.717) is 32.6 Å². The predicted molar refractivity (Wildman–Crippen MR) is 137 cm³/mol. The molecule has 1 atom stereocenters. The smallest absolute Gasteiger partial charge is 0.240 e. The Morgan fingerprint density at radius 2 is 1.97 bits per heavy atom. The van der Waals surface area contributed by atoms with E-state index in [1.165, 1.54) is 12.1 Å². The Balaban J connectivity index is 1.22. The molecule has 1 aliphatic rings. The minimum Gasteiger partial charge on any atom is -0.508 e. The van der Waals surface area contributed by atoms with E-state index in [1.807, 2.05) is 51.9 Å². The van der Waals surface area contributed by atoms with Crippen molar-refractivity contribution in [1.82, 2.24) is 19.8 Å². The van der Waals surface area contributed by atoms with Crippen LogP contribution in [0.5, 0.6) is 5.75 Å². The molecule has 1 saturated heterocycles. The highest BCUT2D eigenvalue weighted by molar-refractivity contribution is 5.84. The molecule has 0 spiro atoms. The Labute approximate surface area is 214 Å².